The summed E-state index contributed by atoms with van der Waals surface area (Å²) in [4.78, 5) is 42.9. The molecule has 0 amide bonds. The van der Waals surface area contributed by atoms with Gasteiger partial charge in [-0.25, -0.2) is 9.79 Å². The minimum absolute atomic E-state index is 0.113. The summed E-state index contributed by atoms with van der Waals surface area (Å²) in [6.45, 7) is 7.36. The molecular weight excluding hydrogens is 518 g/mol. The first-order valence-corrected chi connectivity index (χ1v) is 12.7. The monoisotopic (exact) mass is 541 g/mol. The Morgan fingerprint density at radius 3 is 2.65 bits per heavy atom. The number of nitro groups is 1. The van der Waals surface area contributed by atoms with E-state index >= 15 is 0 Å². The fraction of sp³-hybridized carbons (Fsp3) is 0.269. The summed E-state index contributed by atoms with van der Waals surface area (Å²) in [7, 11) is 0. The van der Waals surface area contributed by atoms with Crippen LogP contribution in [0.15, 0.2) is 57.5 Å². The molecule has 37 heavy (non-hydrogen) atoms. The SMILES string of the molecule is CCOC(=O)C1=C(C)N=c2s/c(=C/c3cc(Cl)ccc3OCC)c(=O)n2[C@H]1c1ccc(C)c([N+](=O)[O-])c1. The van der Waals surface area contributed by atoms with Gasteiger partial charge in [0.25, 0.3) is 11.2 Å². The number of fused-ring (bicyclic) bond motifs is 1. The second-order valence-corrected chi connectivity index (χ2v) is 9.67. The number of ether oxygens (including phenoxy) is 2. The molecule has 11 heteroatoms. The molecule has 0 N–H and O–H groups in total. The van der Waals surface area contributed by atoms with E-state index in [4.69, 9.17) is 21.1 Å². The Hall–Kier alpha value is -3.76. The van der Waals surface area contributed by atoms with Crippen LogP contribution >= 0.6 is 22.9 Å². The molecule has 0 saturated heterocycles. The van der Waals surface area contributed by atoms with Gasteiger partial charge in [-0.1, -0.05) is 35.1 Å². The maximum Gasteiger partial charge on any atom is 0.338 e. The summed E-state index contributed by atoms with van der Waals surface area (Å²) < 4.78 is 12.7. The van der Waals surface area contributed by atoms with E-state index in [1.807, 2.05) is 6.92 Å². The summed E-state index contributed by atoms with van der Waals surface area (Å²) >= 11 is 7.34. The van der Waals surface area contributed by atoms with Gasteiger partial charge in [0.15, 0.2) is 4.80 Å². The third kappa shape index (κ3) is 5.07. The van der Waals surface area contributed by atoms with Crippen LogP contribution < -0.4 is 19.6 Å². The molecule has 3 aromatic rings. The quantitative estimate of drug-likeness (QED) is 0.253. The number of hydrogen-bond donors (Lipinski definition) is 0. The van der Waals surface area contributed by atoms with Gasteiger partial charge in [-0.15, -0.1) is 0 Å². The van der Waals surface area contributed by atoms with E-state index in [-0.39, 0.29) is 17.9 Å². The molecule has 1 atom stereocenters. The average molecular weight is 542 g/mol. The maximum atomic E-state index is 13.8. The van der Waals surface area contributed by atoms with Crippen LogP contribution in [0.4, 0.5) is 5.69 Å². The fourth-order valence-corrected chi connectivity index (χ4v) is 5.38. The van der Waals surface area contributed by atoms with Crippen molar-refractivity contribution in [2.45, 2.75) is 33.7 Å². The smallest absolute Gasteiger partial charge is 0.338 e. The van der Waals surface area contributed by atoms with E-state index in [2.05, 4.69) is 4.99 Å². The van der Waals surface area contributed by atoms with Crippen molar-refractivity contribution in [2.75, 3.05) is 13.2 Å². The number of esters is 1. The molecule has 0 fully saturated rings. The summed E-state index contributed by atoms with van der Waals surface area (Å²) in [6.07, 6.45) is 1.67. The highest BCUT2D eigenvalue weighted by molar-refractivity contribution is 7.07. The lowest BCUT2D eigenvalue weighted by molar-refractivity contribution is -0.385. The molecule has 0 unspecified atom stereocenters. The second kappa shape index (κ2) is 10.7. The molecule has 1 aliphatic heterocycles. The van der Waals surface area contributed by atoms with Crippen molar-refractivity contribution in [1.29, 1.82) is 0 Å². The number of carbonyl (C=O) groups is 1. The number of rotatable bonds is 7. The maximum absolute atomic E-state index is 13.8. The number of hydrogen-bond acceptors (Lipinski definition) is 8. The normalized spacial score (nSPS) is 15.3. The zero-order valence-corrected chi connectivity index (χ0v) is 22.2. The highest BCUT2D eigenvalue weighted by atomic mass is 35.5. The Kier molecular flexibility index (Phi) is 7.60. The minimum Gasteiger partial charge on any atom is -0.493 e. The molecule has 2 heterocycles. The van der Waals surface area contributed by atoms with Crippen LogP contribution in [0.25, 0.3) is 6.08 Å². The van der Waals surface area contributed by atoms with Crippen molar-refractivity contribution in [2.24, 2.45) is 4.99 Å². The van der Waals surface area contributed by atoms with Crippen LogP contribution in [0.1, 0.15) is 43.5 Å². The molecule has 0 bridgehead atoms. The molecule has 4 rings (SSSR count). The third-order valence-corrected chi connectivity index (χ3v) is 7.04. The number of halogens is 1. The largest absolute Gasteiger partial charge is 0.493 e. The number of aryl methyl sites for hydroxylation is 1. The number of carbonyl (C=O) groups excluding carboxylic acids is 1. The fourth-order valence-electron chi connectivity index (χ4n) is 4.16. The van der Waals surface area contributed by atoms with Crippen LogP contribution in [-0.4, -0.2) is 28.7 Å². The van der Waals surface area contributed by atoms with Gasteiger partial charge >= 0.3 is 5.97 Å². The molecule has 2 aromatic carbocycles. The lowest BCUT2D eigenvalue weighted by Gasteiger charge is -2.24. The summed E-state index contributed by atoms with van der Waals surface area (Å²) in [5, 5.41) is 12.1. The summed E-state index contributed by atoms with van der Waals surface area (Å²) in [5.74, 6) is -0.0773. The number of aromatic nitrogens is 1. The van der Waals surface area contributed by atoms with Gasteiger partial charge < -0.3 is 9.47 Å². The van der Waals surface area contributed by atoms with Crippen LogP contribution in [0.5, 0.6) is 5.75 Å². The van der Waals surface area contributed by atoms with Gasteiger partial charge in [-0.3, -0.25) is 19.5 Å². The number of thiazole rings is 1. The van der Waals surface area contributed by atoms with Crippen molar-refractivity contribution >= 4 is 40.7 Å². The molecule has 0 aliphatic carbocycles. The molecule has 0 saturated carbocycles. The van der Waals surface area contributed by atoms with Gasteiger partial charge in [0, 0.05) is 22.2 Å². The number of nitro benzene ring substituents is 1. The number of benzene rings is 2. The van der Waals surface area contributed by atoms with Crippen molar-refractivity contribution in [1.82, 2.24) is 4.57 Å². The Morgan fingerprint density at radius 2 is 1.97 bits per heavy atom. The first kappa shape index (κ1) is 26.3. The standard InChI is InChI=1S/C26H24ClN3O6S/c1-5-35-20-10-9-18(27)11-17(20)13-21-24(31)29-23(16-8-7-14(3)19(12-16)30(33)34)22(25(32)36-6-2)15(4)28-26(29)37-21/h7-13,23H,5-6H2,1-4H3/b21-13+/t23-/m0/s1. The predicted octanol–water partition coefficient (Wildman–Crippen LogP) is 4.07. The highest BCUT2D eigenvalue weighted by Crippen LogP contribution is 2.33. The summed E-state index contributed by atoms with van der Waals surface area (Å²) in [6, 6.07) is 8.83. The van der Waals surface area contributed by atoms with Gasteiger partial charge in [-0.2, -0.15) is 0 Å². The second-order valence-electron chi connectivity index (χ2n) is 8.22. The molecule has 1 aromatic heterocycles. The van der Waals surface area contributed by atoms with Crippen molar-refractivity contribution < 1.29 is 19.2 Å². The van der Waals surface area contributed by atoms with E-state index in [0.29, 0.717) is 49.1 Å². The minimum atomic E-state index is -0.956. The average Bonchev–Trinajstić information content (AvgIpc) is 3.14. The molecule has 0 radical (unpaired) electrons. The lowest BCUT2D eigenvalue weighted by Crippen LogP contribution is -2.40. The predicted molar refractivity (Wildman–Crippen MR) is 141 cm³/mol. The number of allylic oxidation sites excluding steroid dienone is 1. The third-order valence-electron chi connectivity index (χ3n) is 5.82. The molecule has 192 valence electrons. The molecule has 0 spiro atoms. The Balaban J connectivity index is 2.00. The van der Waals surface area contributed by atoms with E-state index in [0.717, 1.165) is 11.3 Å². The zero-order valence-electron chi connectivity index (χ0n) is 20.6. The molecule has 1 aliphatic rings. The topological polar surface area (TPSA) is 113 Å². The van der Waals surface area contributed by atoms with Crippen LogP contribution in [0.2, 0.25) is 5.02 Å². The van der Waals surface area contributed by atoms with E-state index in [1.54, 1.807) is 57.2 Å². The Bertz CT molecular complexity index is 1620. The Labute approximate surface area is 221 Å². The van der Waals surface area contributed by atoms with Crippen LogP contribution in [-0.2, 0) is 9.53 Å². The Morgan fingerprint density at radius 1 is 1.22 bits per heavy atom. The summed E-state index contributed by atoms with van der Waals surface area (Å²) in [5.41, 5.74) is 1.48. The van der Waals surface area contributed by atoms with E-state index < -0.39 is 22.5 Å². The molecule has 9 nitrogen and oxygen atoms in total. The van der Waals surface area contributed by atoms with Gasteiger partial charge in [0.2, 0.25) is 0 Å². The first-order chi connectivity index (χ1) is 17.7. The van der Waals surface area contributed by atoms with Crippen LogP contribution in [0.3, 0.4) is 0 Å². The van der Waals surface area contributed by atoms with E-state index in [9.17, 15) is 19.7 Å². The van der Waals surface area contributed by atoms with E-state index in [1.165, 1.54) is 10.6 Å². The van der Waals surface area contributed by atoms with Crippen molar-refractivity contribution in [3.8, 4) is 5.75 Å². The zero-order chi connectivity index (χ0) is 26.9. The lowest BCUT2D eigenvalue weighted by atomic mass is 9.94. The van der Waals surface area contributed by atoms with Crippen molar-refractivity contribution in [3.05, 3.63) is 99.2 Å². The van der Waals surface area contributed by atoms with Crippen LogP contribution in [0, 0.1) is 17.0 Å². The van der Waals surface area contributed by atoms with Gasteiger partial charge in [-0.05, 0) is 57.5 Å². The highest BCUT2D eigenvalue weighted by Gasteiger charge is 2.34. The molecular formula is C26H24ClN3O6S. The van der Waals surface area contributed by atoms with Gasteiger partial charge in [0.1, 0.15) is 5.75 Å². The van der Waals surface area contributed by atoms with Gasteiger partial charge in [0.05, 0.1) is 40.0 Å². The number of nitrogens with zero attached hydrogens (tertiary/aromatic N) is 3. The first-order valence-electron chi connectivity index (χ1n) is 11.5. The van der Waals surface area contributed by atoms with Crippen molar-refractivity contribution in [3.63, 3.8) is 0 Å².